The Morgan fingerprint density at radius 3 is 2.43 bits per heavy atom. The van der Waals surface area contributed by atoms with Gasteiger partial charge in [0.1, 0.15) is 0 Å². The zero-order valence-corrected chi connectivity index (χ0v) is 21.3. The molecule has 0 unspecified atom stereocenters. The van der Waals surface area contributed by atoms with E-state index in [-0.39, 0.29) is 31.5 Å². The molecule has 37 heavy (non-hydrogen) atoms. The Hall–Kier alpha value is -2.82. The van der Waals surface area contributed by atoms with Crippen LogP contribution in [-0.2, 0) is 30.4 Å². The van der Waals surface area contributed by atoms with Gasteiger partial charge in [0.15, 0.2) is 12.4 Å². The maximum atomic E-state index is 12.3. The number of aliphatic hydroxyl groups excluding tert-OH is 2. The topological polar surface area (TPSA) is 118 Å². The van der Waals surface area contributed by atoms with Crippen molar-refractivity contribution < 1.29 is 34.0 Å². The molecule has 2 aromatic carbocycles. The minimum absolute atomic E-state index is 0.0137. The van der Waals surface area contributed by atoms with Gasteiger partial charge in [-0.25, -0.2) is 0 Å². The summed E-state index contributed by atoms with van der Waals surface area (Å²) in [7, 11) is 0. The normalized spacial score (nSPS) is 25.0. The van der Waals surface area contributed by atoms with Crippen molar-refractivity contribution in [3.8, 4) is 0 Å². The van der Waals surface area contributed by atoms with Crippen LogP contribution in [0.25, 0.3) is 0 Å². The molecule has 2 aliphatic rings. The third-order valence-electron chi connectivity index (χ3n) is 6.93. The number of hydrogen-bond donors (Lipinski definition) is 3. The van der Waals surface area contributed by atoms with E-state index in [9.17, 15) is 19.8 Å². The third kappa shape index (κ3) is 7.15. The molecule has 0 aromatic heterocycles. The fourth-order valence-corrected chi connectivity index (χ4v) is 4.91. The van der Waals surface area contributed by atoms with Crippen LogP contribution < -0.4 is 5.32 Å². The van der Waals surface area contributed by atoms with Crippen LogP contribution in [0, 0.1) is 0 Å². The fraction of sp³-hybridized carbons (Fsp3) is 0.500. The molecule has 3 N–H and O–H groups in total. The average molecular weight is 513 g/mol. The number of nitrogens with zero attached hydrogens (tertiary/aromatic N) is 1. The van der Waals surface area contributed by atoms with Gasteiger partial charge in [-0.15, -0.1) is 0 Å². The number of amides is 1. The standard InChI is InChI=1S/C28H36N2O7/c1-18(35-19(2)33)27(34)29-23-11-9-22(10-12-23)28-36-25(15-30-13-3-4-24(30)17-32)14-26(37-28)21-7-5-20(16-31)6-8-21/h5-12,18,24-26,28,31-32H,3-4,13-17H2,1-2H3,(H,29,34)/t18-,24-,25-,26+,28+/m0/s1. The number of carbonyl (C=O) groups is 2. The molecule has 0 saturated carbocycles. The summed E-state index contributed by atoms with van der Waals surface area (Å²) < 4.78 is 17.7. The first kappa shape index (κ1) is 27.2. The summed E-state index contributed by atoms with van der Waals surface area (Å²) in [5.74, 6) is -0.928. The number of anilines is 1. The van der Waals surface area contributed by atoms with Gasteiger partial charge in [0.05, 0.1) is 25.4 Å². The smallest absolute Gasteiger partial charge is 0.303 e. The van der Waals surface area contributed by atoms with E-state index < -0.39 is 24.3 Å². The molecule has 0 aliphatic carbocycles. The first-order valence-electron chi connectivity index (χ1n) is 12.8. The van der Waals surface area contributed by atoms with E-state index in [1.807, 2.05) is 36.4 Å². The number of aliphatic hydroxyl groups is 2. The van der Waals surface area contributed by atoms with Gasteiger partial charge >= 0.3 is 5.97 Å². The number of esters is 1. The summed E-state index contributed by atoms with van der Waals surface area (Å²) in [5, 5.41) is 21.9. The minimum atomic E-state index is -0.894. The highest BCUT2D eigenvalue weighted by Crippen LogP contribution is 2.39. The van der Waals surface area contributed by atoms with Gasteiger partial charge < -0.3 is 29.7 Å². The number of benzene rings is 2. The van der Waals surface area contributed by atoms with E-state index in [4.69, 9.17) is 14.2 Å². The lowest BCUT2D eigenvalue weighted by Crippen LogP contribution is -2.42. The first-order valence-corrected chi connectivity index (χ1v) is 12.8. The van der Waals surface area contributed by atoms with Crippen molar-refractivity contribution in [3.63, 3.8) is 0 Å². The Labute approximate surface area is 217 Å². The lowest BCUT2D eigenvalue weighted by atomic mass is 9.99. The largest absolute Gasteiger partial charge is 0.453 e. The highest BCUT2D eigenvalue weighted by molar-refractivity contribution is 5.94. The molecule has 4 rings (SSSR count). The van der Waals surface area contributed by atoms with E-state index in [2.05, 4.69) is 10.2 Å². The fourth-order valence-electron chi connectivity index (χ4n) is 4.91. The van der Waals surface area contributed by atoms with Gasteiger partial charge in [-0.3, -0.25) is 14.5 Å². The van der Waals surface area contributed by atoms with E-state index in [1.165, 1.54) is 13.8 Å². The van der Waals surface area contributed by atoms with Gasteiger partial charge in [-0.2, -0.15) is 0 Å². The Morgan fingerprint density at radius 1 is 1.08 bits per heavy atom. The molecule has 200 valence electrons. The number of likely N-dealkylation sites (tertiary alicyclic amines) is 1. The van der Waals surface area contributed by atoms with Gasteiger partial charge in [0, 0.05) is 37.2 Å². The Bertz CT molecular complexity index is 1040. The molecule has 9 nitrogen and oxygen atoms in total. The molecular formula is C28H36N2O7. The van der Waals surface area contributed by atoms with E-state index >= 15 is 0 Å². The minimum Gasteiger partial charge on any atom is -0.453 e. The maximum Gasteiger partial charge on any atom is 0.303 e. The first-order chi connectivity index (χ1) is 17.9. The van der Waals surface area contributed by atoms with Gasteiger partial charge in [0.2, 0.25) is 0 Å². The van der Waals surface area contributed by atoms with Crippen molar-refractivity contribution in [1.29, 1.82) is 0 Å². The molecule has 2 fully saturated rings. The second kappa shape index (κ2) is 12.6. The van der Waals surface area contributed by atoms with Crippen LogP contribution in [-0.4, -0.2) is 64.9 Å². The molecule has 0 bridgehead atoms. The van der Waals surface area contributed by atoms with Crippen molar-refractivity contribution in [2.24, 2.45) is 0 Å². The molecule has 5 atom stereocenters. The summed E-state index contributed by atoms with van der Waals surface area (Å²) in [6, 6.07) is 15.1. The number of rotatable bonds is 9. The highest BCUT2D eigenvalue weighted by atomic mass is 16.7. The number of nitrogens with one attached hydrogen (secondary N) is 1. The van der Waals surface area contributed by atoms with Gasteiger partial charge in [-0.1, -0.05) is 36.4 Å². The van der Waals surface area contributed by atoms with Crippen LogP contribution in [0.5, 0.6) is 0 Å². The van der Waals surface area contributed by atoms with Crippen molar-refractivity contribution in [2.75, 3.05) is 25.0 Å². The number of hydrogen-bond acceptors (Lipinski definition) is 8. The molecule has 0 spiro atoms. The second-order valence-electron chi connectivity index (χ2n) is 9.69. The molecule has 2 aliphatic heterocycles. The molecule has 9 heteroatoms. The average Bonchev–Trinajstić information content (AvgIpc) is 3.35. The van der Waals surface area contributed by atoms with Gasteiger partial charge in [-0.05, 0) is 49.6 Å². The summed E-state index contributed by atoms with van der Waals surface area (Å²) >= 11 is 0. The summed E-state index contributed by atoms with van der Waals surface area (Å²) in [4.78, 5) is 25.7. The van der Waals surface area contributed by atoms with E-state index in [0.717, 1.165) is 36.1 Å². The number of ether oxygens (including phenoxy) is 3. The van der Waals surface area contributed by atoms with Crippen molar-refractivity contribution >= 4 is 17.6 Å². The van der Waals surface area contributed by atoms with Crippen LogP contribution in [0.3, 0.4) is 0 Å². The van der Waals surface area contributed by atoms with Crippen LogP contribution in [0.1, 0.15) is 62.2 Å². The highest BCUT2D eigenvalue weighted by Gasteiger charge is 2.35. The summed E-state index contributed by atoms with van der Waals surface area (Å²) in [5.41, 5.74) is 3.23. The van der Waals surface area contributed by atoms with Crippen LogP contribution in [0.15, 0.2) is 48.5 Å². The molecule has 0 radical (unpaired) electrons. The lowest BCUT2D eigenvalue weighted by molar-refractivity contribution is -0.253. The molecule has 2 heterocycles. The van der Waals surface area contributed by atoms with Gasteiger partial charge in [0.25, 0.3) is 5.91 Å². The second-order valence-corrected chi connectivity index (χ2v) is 9.69. The van der Waals surface area contributed by atoms with Crippen molar-refractivity contribution in [1.82, 2.24) is 4.90 Å². The Balaban J connectivity index is 1.48. The van der Waals surface area contributed by atoms with Crippen molar-refractivity contribution in [3.05, 3.63) is 65.2 Å². The van der Waals surface area contributed by atoms with Crippen LogP contribution >= 0.6 is 0 Å². The summed E-state index contributed by atoms with van der Waals surface area (Å²) in [6.07, 6.45) is 0.917. The van der Waals surface area contributed by atoms with E-state index in [1.54, 1.807) is 12.1 Å². The molecule has 2 saturated heterocycles. The third-order valence-corrected chi connectivity index (χ3v) is 6.93. The maximum absolute atomic E-state index is 12.3. The van der Waals surface area contributed by atoms with E-state index in [0.29, 0.717) is 18.7 Å². The zero-order chi connectivity index (χ0) is 26.4. The summed E-state index contributed by atoms with van der Waals surface area (Å²) in [6.45, 7) is 4.55. The quantitative estimate of drug-likeness (QED) is 0.439. The Morgan fingerprint density at radius 2 is 1.78 bits per heavy atom. The Kier molecular flexibility index (Phi) is 9.28. The molecule has 2 aromatic rings. The zero-order valence-electron chi connectivity index (χ0n) is 21.3. The van der Waals surface area contributed by atoms with Crippen LogP contribution in [0.2, 0.25) is 0 Å². The van der Waals surface area contributed by atoms with Crippen LogP contribution in [0.4, 0.5) is 5.69 Å². The predicted molar refractivity (Wildman–Crippen MR) is 136 cm³/mol. The SMILES string of the molecule is CC(=O)O[C@@H](C)C(=O)Nc1ccc([C@@H]2O[C@H](CN3CCC[C@H]3CO)C[C@H](c3ccc(CO)cc3)O2)cc1. The monoisotopic (exact) mass is 512 g/mol. The predicted octanol–water partition coefficient (Wildman–Crippen LogP) is 3.07. The number of carbonyl (C=O) groups excluding carboxylic acids is 2. The molecular weight excluding hydrogens is 476 g/mol. The van der Waals surface area contributed by atoms with Crippen molar-refractivity contribution in [2.45, 2.75) is 70.4 Å². The molecule has 1 amide bonds. The lowest BCUT2D eigenvalue weighted by Gasteiger charge is -2.38.